The van der Waals surface area contributed by atoms with Gasteiger partial charge in [-0.15, -0.1) is 0 Å². The number of rotatable bonds is 10. The topological polar surface area (TPSA) is 164 Å². The molecule has 2 aliphatic carbocycles. The molecule has 4 aliphatic rings. The van der Waals surface area contributed by atoms with Gasteiger partial charge in [0.1, 0.15) is 24.4 Å². The number of hydrogen-bond donors (Lipinski definition) is 1. The fourth-order valence-corrected chi connectivity index (χ4v) is 7.80. The standard InChI is InChI=1S/C34H48O12/c1-9-10-11-12-13-14-25(38)45-28-19(3)17-24-34(33(8,46-34)31(40)44-24)29(42-21(5)36)26-18(2)15-16-23(41-20(4)35)32(26,7)30(27(28)39)43-22(6)37/h15,17,23-24,26-30,39H,9-14,16H2,1-8H3/b19-17-/t23-,24-,26+,27+,28?,29?,30-,32-,33-,34-/m0/s1. The van der Waals surface area contributed by atoms with E-state index in [0.717, 1.165) is 25.7 Å². The first-order chi connectivity index (χ1) is 21.5. The zero-order valence-corrected chi connectivity index (χ0v) is 28.1. The predicted molar refractivity (Wildman–Crippen MR) is 162 cm³/mol. The summed E-state index contributed by atoms with van der Waals surface area (Å²) in [6.07, 6.45) is 0.347. The molecule has 2 heterocycles. The van der Waals surface area contributed by atoms with Gasteiger partial charge >= 0.3 is 29.8 Å². The van der Waals surface area contributed by atoms with E-state index in [9.17, 15) is 29.1 Å². The van der Waals surface area contributed by atoms with Gasteiger partial charge in [-0.1, -0.05) is 51.2 Å². The molecule has 0 aromatic heterocycles. The van der Waals surface area contributed by atoms with Crippen LogP contribution >= 0.6 is 0 Å². The molecule has 2 saturated heterocycles. The van der Waals surface area contributed by atoms with E-state index >= 15 is 0 Å². The molecule has 0 saturated carbocycles. The minimum atomic E-state index is -1.67. The maximum Gasteiger partial charge on any atom is 0.342 e. The summed E-state index contributed by atoms with van der Waals surface area (Å²) >= 11 is 0. The number of esters is 5. The van der Waals surface area contributed by atoms with Gasteiger partial charge in [-0.05, 0) is 38.8 Å². The zero-order chi connectivity index (χ0) is 34.2. The first-order valence-corrected chi connectivity index (χ1v) is 16.2. The van der Waals surface area contributed by atoms with Crippen molar-refractivity contribution < 1.29 is 57.5 Å². The summed E-state index contributed by atoms with van der Waals surface area (Å²) < 4.78 is 35.8. The molecule has 10 atom stereocenters. The average Bonchev–Trinajstić information content (AvgIpc) is 3.55. The summed E-state index contributed by atoms with van der Waals surface area (Å²) in [7, 11) is 0. The van der Waals surface area contributed by atoms with Gasteiger partial charge in [-0.2, -0.15) is 0 Å². The largest absolute Gasteiger partial charge is 0.461 e. The molecule has 0 bridgehead atoms. The van der Waals surface area contributed by atoms with E-state index in [0.29, 0.717) is 17.6 Å². The zero-order valence-electron chi connectivity index (χ0n) is 28.1. The lowest BCUT2D eigenvalue weighted by Crippen LogP contribution is -2.65. The van der Waals surface area contributed by atoms with Crippen LogP contribution in [-0.4, -0.2) is 82.8 Å². The van der Waals surface area contributed by atoms with E-state index in [4.69, 9.17) is 28.4 Å². The number of hydrogen-bond acceptors (Lipinski definition) is 12. The first-order valence-electron chi connectivity index (χ1n) is 16.2. The first kappa shape index (κ1) is 35.6. The van der Waals surface area contributed by atoms with E-state index in [1.165, 1.54) is 26.8 Å². The molecule has 1 spiro atoms. The van der Waals surface area contributed by atoms with Crippen molar-refractivity contribution in [2.45, 2.75) is 148 Å². The molecule has 256 valence electrons. The van der Waals surface area contributed by atoms with Gasteiger partial charge in [0, 0.05) is 39.5 Å². The van der Waals surface area contributed by atoms with Crippen LogP contribution in [0.15, 0.2) is 23.3 Å². The van der Waals surface area contributed by atoms with Gasteiger partial charge in [0.2, 0.25) is 0 Å². The molecule has 0 amide bonds. The van der Waals surface area contributed by atoms with Gasteiger partial charge < -0.3 is 33.5 Å². The summed E-state index contributed by atoms with van der Waals surface area (Å²) in [4.78, 5) is 64.4. The van der Waals surface area contributed by atoms with Gasteiger partial charge in [0.15, 0.2) is 23.4 Å². The molecule has 4 rings (SSSR count). The molecule has 12 nitrogen and oxygen atoms in total. The number of carbonyl (C=O) groups is 5. The Morgan fingerprint density at radius 2 is 1.50 bits per heavy atom. The number of unbranched alkanes of at least 4 members (excludes halogenated alkanes) is 4. The Labute approximate surface area is 270 Å². The van der Waals surface area contributed by atoms with Gasteiger partial charge in [0.25, 0.3) is 0 Å². The van der Waals surface area contributed by atoms with E-state index in [1.807, 2.05) is 6.08 Å². The minimum absolute atomic E-state index is 0.105. The van der Waals surface area contributed by atoms with E-state index in [2.05, 4.69) is 6.92 Å². The van der Waals surface area contributed by atoms with Crippen LogP contribution in [-0.2, 0) is 52.4 Å². The quantitative estimate of drug-likeness (QED) is 0.120. The maximum atomic E-state index is 13.3. The van der Waals surface area contributed by atoms with Gasteiger partial charge in [0.05, 0.1) is 5.41 Å². The third-order valence-electron chi connectivity index (χ3n) is 10.1. The predicted octanol–water partition coefficient (Wildman–Crippen LogP) is 3.80. The highest BCUT2D eigenvalue weighted by Gasteiger charge is 2.87. The Morgan fingerprint density at radius 1 is 0.891 bits per heavy atom. The smallest absolute Gasteiger partial charge is 0.342 e. The van der Waals surface area contributed by atoms with Crippen LogP contribution in [0.1, 0.15) is 100 Å². The van der Waals surface area contributed by atoms with E-state index in [1.54, 1.807) is 27.7 Å². The van der Waals surface area contributed by atoms with Crippen molar-refractivity contribution in [3.05, 3.63) is 23.3 Å². The molecular formula is C34H48O12. The molecule has 1 N–H and O–H groups in total. The lowest BCUT2D eigenvalue weighted by molar-refractivity contribution is -0.218. The van der Waals surface area contributed by atoms with Crippen molar-refractivity contribution in [2.75, 3.05) is 0 Å². The Balaban J connectivity index is 1.93. The molecule has 0 radical (unpaired) electrons. The van der Waals surface area contributed by atoms with Gasteiger partial charge in [-0.25, -0.2) is 4.79 Å². The highest BCUT2D eigenvalue weighted by molar-refractivity contribution is 5.89. The fourth-order valence-electron chi connectivity index (χ4n) is 7.80. The van der Waals surface area contributed by atoms with E-state index < -0.39 is 89.0 Å². The van der Waals surface area contributed by atoms with Crippen molar-refractivity contribution in [3.63, 3.8) is 0 Å². The summed E-state index contributed by atoms with van der Waals surface area (Å²) in [6.45, 7) is 12.4. The molecule has 0 aromatic rings. The summed E-state index contributed by atoms with van der Waals surface area (Å²) in [5, 5.41) is 12.2. The number of aliphatic hydroxyl groups excluding tert-OH is 1. The van der Waals surface area contributed by atoms with Crippen LogP contribution in [0.5, 0.6) is 0 Å². The van der Waals surface area contributed by atoms with Crippen molar-refractivity contribution >= 4 is 29.8 Å². The second kappa shape index (κ2) is 13.5. The Hall–Kier alpha value is -3.25. The molecule has 0 aromatic carbocycles. The van der Waals surface area contributed by atoms with Crippen LogP contribution in [0.2, 0.25) is 0 Å². The number of epoxide rings is 1. The summed E-state index contributed by atoms with van der Waals surface area (Å²) in [5.74, 6) is -4.22. The summed E-state index contributed by atoms with van der Waals surface area (Å²) in [6, 6.07) is 0. The van der Waals surface area contributed by atoms with Crippen molar-refractivity contribution in [3.8, 4) is 0 Å². The van der Waals surface area contributed by atoms with Crippen LogP contribution in [0.25, 0.3) is 0 Å². The molecule has 46 heavy (non-hydrogen) atoms. The second-order valence-electron chi connectivity index (χ2n) is 13.4. The monoisotopic (exact) mass is 648 g/mol. The Kier molecular flexibility index (Phi) is 10.4. The fraction of sp³-hybridized carbons (Fsp3) is 0.735. The average molecular weight is 649 g/mol. The number of fused-ring (bicyclic) bond motifs is 1. The van der Waals surface area contributed by atoms with Crippen molar-refractivity contribution in [1.82, 2.24) is 0 Å². The van der Waals surface area contributed by atoms with E-state index in [-0.39, 0.29) is 12.8 Å². The molecular weight excluding hydrogens is 600 g/mol. The lowest BCUT2D eigenvalue weighted by atomic mass is 9.56. The Bertz CT molecular complexity index is 1300. The van der Waals surface area contributed by atoms with Gasteiger partial charge in [-0.3, -0.25) is 19.2 Å². The summed E-state index contributed by atoms with van der Waals surface area (Å²) in [5.41, 5.74) is -3.59. The van der Waals surface area contributed by atoms with Crippen LogP contribution in [0.4, 0.5) is 0 Å². The normalized spacial score (nSPS) is 39.2. The molecule has 2 aliphatic heterocycles. The van der Waals surface area contributed by atoms with Crippen LogP contribution in [0, 0.1) is 11.3 Å². The van der Waals surface area contributed by atoms with Crippen molar-refractivity contribution in [2.24, 2.45) is 11.3 Å². The van der Waals surface area contributed by atoms with Crippen LogP contribution < -0.4 is 0 Å². The lowest BCUT2D eigenvalue weighted by Gasteiger charge is -2.54. The number of carbonyl (C=O) groups excluding carboxylic acids is 5. The van der Waals surface area contributed by atoms with Crippen molar-refractivity contribution in [1.29, 1.82) is 0 Å². The number of aliphatic hydroxyl groups is 1. The second-order valence-corrected chi connectivity index (χ2v) is 13.4. The minimum Gasteiger partial charge on any atom is -0.461 e. The highest BCUT2D eigenvalue weighted by Crippen LogP contribution is 2.65. The highest BCUT2D eigenvalue weighted by atomic mass is 16.7. The van der Waals surface area contributed by atoms with Crippen LogP contribution in [0.3, 0.4) is 0 Å². The molecule has 2 fully saturated rings. The SMILES string of the molecule is CCCCCCCC(=O)OC1/C(C)=C\[C@@H]2OC(=O)[C@]3(C)O[C@]23C(OC(C)=O)[C@H]2C(C)=CC[C@H](OC(C)=O)[C@]2(C)[C@@H](OC(C)=O)[C@@H]1O. The third kappa shape index (κ3) is 6.22. The number of ether oxygens (including phenoxy) is 6. The molecule has 2 unspecified atom stereocenters. The molecule has 12 heteroatoms. The third-order valence-corrected chi connectivity index (χ3v) is 10.1. The Morgan fingerprint density at radius 3 is 2.09 bits per heavy atom. The maximum absolute atomic E-state index is 13.3.